The van der Waals surface area contributed by atoms with Gasteiger partial charge in [-0.1, -0.05) is 20.8 Å². The lowest BCUT2D eigenvalue weighted by Crippen LogP contribution is -2.36. The summed E-state index contributed by atoms with van der Waals surface area (Å²) >= 11 is 0. The number of nitrogens with zero attached hydrogens (tertiary/aromatic N) is 2. The van der Waals surface area contributed by atoms with Gasteiger partial charge in [-0.05, 0) is 25.5 Å². The van der Waals surface area contributed by atoms with Gasteiger partial charge in [0.1, 0.15) is 5.82 Å². The van der Waals surface area contributed by atoms with Crippen molar-refractivity contribution >= 4 is 0 Å². The van der Waals surface area contributed by atoms with Crippen LogP contribution in [0.1, 0.15) is 32.3 Å². The molecule has 1 heterocycles. The van der Waals surface area contributed by atoms with E-state index in [1.807, 2.05) is 19.2 Å². The fourth-order valence-electron chi connectivity index (χ4n) is 1.60. The maximum atomic E-state index is 4.43. The fraction of sp³-hybridized carbons (Fsp3) is 0.667. The molecule has 1 rings (SSSR count). The summed E-state index contributed by atoms with van der Waals surface area (Å²) in [5.41, 5.74) is 1.04. The van der Waals surface area contributed by atoms with Gasteiger partial charge in [-0.15, -0.1) is 0 Å². The van der Waals surface area contributed by atoms with Crippen LogP contribution in [-0.4, -0.2) is 22.6 Å². The third-order valence-electron chi connectivity index (χ3n) is 2.52. The summed E-state index contributed by atoms with van der Waals surface area (Å²) in [5.74, 6) is 1.55. The van der Waals surface area contributed by atoms with Crippen molar-refractivity contribution in [2.24, 2.45) is 5.92 Å². The van der Waals surface area contributed by atoms with Gasteiger partial charge in [-0.25, -0.2) is 9.97 Å². The van der Waals surface area contributed by atoms with Gasteiger partial charge < -0.3 is 5.32 Å². The lowest BCUT2D eigenvalue weighted by Gasteiger charge is -2.20. The average Bonchev–Trinajstić information content (AvgIpc) is 2.17. The van der Waals surface area contributed by atoms with Gasteiger partial charge in [0.15, 0.2) is 0 Å². The van der Waals surface area contributed by atoms with Crippen molar-refractivity contribution in [2.45, 2.75) is 40.2 Å². The molecule has 3 nitrogen and oxygen atoms in total. The van der Waals surface area contributed by atoms with Crippen LogP contribution in [0.3, 0.4) is 0 Å². The number of nitrogens with one attached hydrogen (secondary N) is 1. The third kappa shape index (κ3) is 3.96. The van der Waals surface area contributed by atoms with Crippen LogP contribution in [0.25, 0.3) is 0 Å². The largest absolute Gasteiger partial charge is 0.314 e. The quantitative estimate of drug-likeness (QED) is 0.802. The zero-order valence-electron chi connectivity index (χ0n) is 10.1. The minimum Gasteiger partial charge on any atom is -0.314 e. The summed E-state index contributed by atoms with van der Waals surface area (Å²) in [4.78, 5) is 8.72. The van der Waals surface area contributed by atoms with Crippen LogP contribution in [-0.2, 0) is 6.42 Å². The molecule has 1 unspecified atom stereocenters. The highest BCUT2D eigenvalue weighted by Gasteiger charge is 2.13. The first-order valence-corrected chi connectivity index (χ1v) is 5.65. The van der Waals surface area contributed by atoms with Crippen LogP contribution in [0.4, 0.5) is 0 Å². The van der Waals surface area contributed by atoms with E-state index in [9.17, 15) is 0 Å². The Kier molecular flexibility index (Phi) is 4.69. The Morgan fingerprint density at radius 3 is 2.67 bits per heavy atom. The van der Waals surface area contributed by atoms with E-state index < -0.39 is 0 Å². The summed E-state index contributed by atoms with van der Waals surface area (Å²) < 4.78 is 0. The second-order valence-corrected chi connectivity index (χ2v) is 4.23. The molecular weight excluding hydrogens is 186 g/mol. The molecule has 84 valence electrons. The summed E-state index contributed by atoms with van der Waals surface area (Å²) in [6, 6.07) is 2.40. The van der Waals surface area contributed by atoms with Crippen LogP contribution in [0, 0.1) is 12.8 Å². The SMILES string of the molecule is CCNC(Cc1nccc(C)n1)C(C)C. The first kappa shape index (κ1) is 12.1. The molecule has 0 bridgehead atoms. The summed E-state index contributed by atoms with van der Waals surface area (Å²) in [6.07, 6.45) is 2.74. The smallest absolute Gasteiger partial charge is 0.130 e. The van der Waals surface area contributed by atoms with Crippen molar-refractivity contribution in [3.8, 4) is 0 Å². The molecule has 0 fully saturated rings. The van der Waals surface area contributed by atoms with E-state index >= 15 is 0 Å². The van der Waals surface area contributed by atoms with Crippen molar-refractivity contribution in [3.63, 3.8) is 0 Å². The number of aromatic nitrogens is 2. The normalized spacial score (nSPS) is 13.1. The highest BCUT2D eigenvalue weighted by molar-refractivity contribution is 5.01. The zero-order valence-corrected chi connectivity index (χ0v) is 10.1. The van der Waals surface area contributed by atoms with E-state index in [1.54, 1.807) is 0 Å². The molecule has 1 aromatic heterocycles. The molecule has 15 heavy (non-hydrogen) atoms. The zero-order chi connectivity index (χ0) is 11.3. The Morgan fingerprint density at radius 1 is 1.40 bits per heavy atom. The molecular formula is C12H21N3. The third-order valence-corrected chi connectivity index (χ3v) is 2.52. The highest BCUT2D eigenvalue weighted by Crippen LogP contribution is 2.07. The number of hydrogen-bond acceptors (Lipinski definition) is 3. The van der Waals surface area contributed by atoms with Gasteiger partial charge >= 0.3 is 0 Å². The maximum Gasteiger partial charge on any atom is 0.130 e. The molecule has 0 aliphatic rings. The Labute approximate surface area is 92.3 Å². The topological polar surface area (TPSA) is 37.8 Å². The van der Waals surface area contributed by atoms with Crippen LogP contribution in [0.15, 0.2) is 12.3 Å². The van der Waals surface area contributed by atoms with Crippen molar-refractivity contribution in [1.29, 1.82) is 0 Å². The molecule has 1 aromatic rings. The van der Waals surface area contributed by atoms with E-state index in [1.165, 1.54) is 0 Å². The molecule has 0 saturated heterocycles. The van der Waals surface area contributed by atoms with Crippen LogP contribution in [0.5, 0.6) is 0 Å². The van der Waals surface area contributed by atoms with Crippen molar-refractivity contribution < 1.29 is 0 Å². The van der Waals surface area contributed by atoms with Gasteiger partial charge in [0.25, 0.3) is 0 Å². The molecule has 1 atom stereocenters. The van der Waals surface area contributed by atoms with E-state index in [2.05, 4.69) is 36.1 Å². The van der Waals surface area contributed by atoms with Crippen molar-refractivity contribution in [2.75, 3.05) is 6.54 Å². The Hall–Kier alpha value is -0.960. The lowest BCUT2D eigenvalue weighted by atomic mass is 10.0. The molecule has 0 aliphatic carbocycles. The first-order valence-electron chi connectivity index (χ1n) is 5.65. The molecule has 0 amide bonds. The molecule has 0 aliphatic heterocycles. The number of likely N-dealkylation sites (N-methyl/N-ethyl adjacent to an activating group) is 1. The monoisotopic (exact) mass is 207 g/mol. The van der Waals surface area contributed by atoms with Crippen molar-refractivity contribution in [1.82, 2.24) is 15.3 Å². The number of rotatable bonds is 5. The number of aryl methyl sites for hydroxylation is 1. The molecule has 0 aromatic carbocycles. The Morgan fingerprint density at radius 2 is 2.13 bits per heavy atom. The molecule has 0 radical (unpaired) electrons. The van der Waals surface area contributed by atoms with Gasteiger partial charge in [0.2, 0.25) is 0 Å². The Bertz CT molecular complexity index is 297. The van der Waals surface area contributed by atoms with Crippen LogP contribution >= 0.6 is 0 Å². The predicted molar refractivity (Wildman–Crippen MR) is 62.8 cm³/mol. The Balaban J connectivity index is 2.65. The second kappa shape index (κ2) is 5.81. The fourth-order valence-corrected chi connectivity index (χ4v) is 1.60. The molecule has 0 saturated carbocycles. The van der Waals surface area contributed by atoms with Gasteiger partial charge in [-0.2, -0.15) is 0 Å². The maximum absolute atomic E-state index is 4.43. The minimum absolute atomic E-state index is 0.469. The molecule has 1 N–H and O–H groups in total. The van der Waals surface area contributed by atoms with Crippen molar-refractivity contribution in [3.05, 3.63) is 23.8 Å². The molecule has 0 spiro atoms. The minimum atomic E-state index is 0.469. The standard InChI is InChI=1S/C12H21N3/c1-5-13-11(9(2)3)8-12-14-7-6-10(4)15-12/h6-7,9,11,13H,5,8H2,1-4H3. The first-order chi connectivity index (χ1) is 7.13. The average molecular weight is 207 g/mol. The van der Waals surface area contributed by atoms with Gasteiger partial charge in [0, 0.05) is 24.4 Å². The summed E-state index contributed by atoms with van der Waals surface area (Å²) in [5, 5.41) is 3.47. The number of hydrogen-bond donors (Lipinski definition) is 1. The van der Waals surface area contributed by atoms with Gasteiger partial charge in [0.05, 0.1) is 0 Å². The van der Waals surface area contributed by atoms with E-state index in [-0.39, 0.29) is 0 Å². The highest BCUT2D eigenvalue weighted by atomic mass is 14.9. The van der Waals surface area contributed by atoms with E-state index in [4.69, 9.17) is 0 Å². The van der Waals surface area contributed by atoms with E-state index in [0.717, 1.165) is 24.5 Å². The predicted octanol–water partition coefficient (Wildman–Crippen LogP) is 1.96. The van der Waals surface area contributed by atoms with Crippen LogP contribution < -0.4 is 5.32 Å². The summed E-state index contributed by atoms with van der Waals surface area (Å²) in [6.45, 7) is 9.58. The summed E-state index contributed by atoms with van der Waals surface area (Å²) in [7, 11) is 0. The lowest BCUT2D eigenvalue weighted by molar-refractivity contribution is 0.399. The van der Waals surface area contributed by atoms with Crippen LogP contribution in [0.2, 0.25) is 0 Å². The van der Waals surface area contributed by atoms with E-state index in [0.29, 0.717) is 12.0 Å². The molecule has 3 heteroatoms. The second-order valence-electron chi connectivity index (χ2n) is 4.23. The van der Waals surface area contributed by atoms with Gasteiger partial charge in [-0.3, -0.25) is 0 Å².